The van der Waals surface area contributed by atoms with Gasteiger partial charge >= 0.3 is 0 Å². The zero-order valence-corrected chi connectivity index (χ0v) is 17.6. The summed E-state index contributed by atoms with van der Waals surface area (Å²) in [5.41, 5.74) is 3.87. The van der Waals surface area contributed by atoms with Crippen molar-refractivity contribution in [3.63, 3.8) is 0 Å². The lowest BCUT2D eigenvalue weighted by Gasteiger charge is -2.18. The molecule has 0 aliphatic heterocycles. The Labute approximate surface area is 172 Å². The molecular weight excluding hydrogens is 386 g/mol. The molecule has 4 rings (SSSR count). The highest BCUT2D eigenvalue weighted by Gasteiger charge is 2.17. The molecule has 4 nitrogen and oxygen atoms in total. The monoisotopic (exact) mass is 407 g/mol. The first-order valence-electron chi connectivity index (χ1n) is 8.93. The summed E-state index contributed by atoms with van der Waals surface area (Å²) in [5, 5.41) is 5.15. The molecule has 0 aliphatic rings. The molecule has 0 saturated carbocycles. The molecule has 1 atom stereocenters. The molecule has 1 heterocycles. The molecule has 0 amide bonds. The Balaban J connectivity index is 1.66. The lowest BCUT2D eigenvalue weighted by atomic mass is 10.1. The second-order valence-electron chi connectivity index (χ2n) is 6.73. The summed E-state index contributed by atoms with van der Waals surface area (Å²) in [6.45, 7) is 1.99. The molecule has 0 bridgehead atoms. The summed E-state index contributed by atoms with van der Waals surface area (Å²) >= 11 is 0.249. The van der Waals surface area contributed by atoms with Crippen LogP contribution in [0.4, 0.5) is 11.4 Å². The Morgan fingerprint density at radius 1 is 1.00 bits per heavy atom. The van der Waals surface area contributed by atoms with E-state index in [1.165, 1.54) is 0 Å². The Morgan fingerprint density at radius 2 is 1.75 bits per heavy atom. The maximum absolute atomic E-state index is 13.1. The van der Waals surface area contributed by atoms with Gasteiger partial charge in [-0.1, -0.05) is 30.3 Å². The van der Waals surface area contributed by atoms with E-state index in [-0.39, 0.29) is 0 Å². The Morgan fingerprint density at radius 3 is 2.50 bits per heavy atom. The molecule has 1 N–H and O–H groups in total. The summed E-state index contributed by atoms with van der Waals surface area (Å²) in [4.78, 5) is 7.38. The van der Waals surface area contributed by atoms with Crippen molar-refractivity contribution in [2.24, 2.45) is 0 Å². The first-order chi connectivity index (χ1) is 13.5. The number of hydrogen-bond acceptors (Lipinski definition) is 5. The van der Waals surface area contributed by atoms with Gasteiger partial charge in [0, 0.05) is 41.5 Å². The summed E-state index contributed by atoms with van der Waals surface area (Å²) < 4.78 is 16.3. The molecule has 4 aromatic rings. The molecular formula is C22H21N3OS2. The highest BCUT2D eigenvalue weighted by molar-refractivity contribution is 7.93. The van der Waals surface area contributed by atoms with Crippen LogP contribution in [-0.2, 0) is 11.4 Å². The molecule has 142 valence electrons. The van der Waals surface area contributed by atoms with Crippen molar-refractivity contribution in [1.29, 1.82) is 0 Å². The van der Waals surface area contributed by atoms with Crippen molar-refractivity contribution in [2.75, 3.05) is 23.7 Å². The second kappa shape index (κ2) is 7.83. The minimum absolute atomic E-state index is 0.774. The van der Waals surface area contributed by atoms with Crippen molar-refractivity contribution in [3.8, 4) is 11.3 Å². The van der Waals surface area contributed by atoms with E-state index in [1.54, 1.807) is 11.3 Å². The van der Waals surface area contributed by atoms with Gasteiger partial charge in [0.25, 0.3) is 0 Å². The fraction of sp³-hybridized carbons (Fsp3) is 0.136. The third-order valence-corrected chi connectivity index (χ3v) is 6.48. The van der Waals surface area contributed by atoms with E-state index in [0.717, 1.165) is 43.3 Å². The van der Waals surface area contributed by atoms with E-state index in [2.05, 4.69) is 26.7 Å². The normalized spacial score (nSPS) is 12.1. The highest BCUT2D eigenvalue weighted by atomic mass is 32.2. The largest absolute Gasteiger partial charge is 0.588 e. The number of rotatable bonds is 5. The maximum Gasteiger partial charge on any atom is 0.187 e. The quantitative estimate of drug-likeness (QED) is 0.446. The number of benzene rings is 3. The third-order valence-electron chi connectivity index (χ3n) is 4.53. The lowest BCUT2D eigenvalue weighted by Crippen LogP contribution is -2.14. The highest BCUT2D eigenvalue weighted by Crippen LogP contribution is 2.31. The van der Waals surface area contributed by atoms with Crippen molar-refractivity contribution in [3.05, 3.63) is 71.1 Å². The van der Waals surface area contributed by atoms with Crippen LogP contribution in [0, 0.1) is 6.92 Å². The predicted octanol–water partition coefficient (Wildman–Crippen LogP) is 5.47. The summed E-state index contributed by atoms with van der Waals surface area (Å²) in [5.74, 6) is 0. The average Bonchev–Trinajstić information content (AvgIpc) is 3.13. The molecule has 0 spiro atoms. The van der Waals surface area contributed by atoms with Gasteiger partial charge in [-0.15, -0.1) is 11.3 Å². The molecule has 1 unspecified atom stereocenters. The van der Waals surface area contributed by atoms with Gasteiger partial charge in [0.1, 0.15) is 11.4 Å². The number of nitrogens with one attached hydrogen (secondary N) is 1. The number of hydrogen-bond donors (Lipinski definition) is 1. The van der Waals surface area contributed by atoms with Gasteiger partial charge in [-0.25, -0.2) is 9.71 Å². The minimum Gasteiger partial charge on any atom is -0.588 e. The molecule has 0 radical (unpaired) electrons. The SMILES string of the molecule is Cc1nc(-c2cccc(N[S+]([O-])c3cccc4c(N(C)C)cccc34)c2)cs1. The van der Waals surface area contributed by atoms with Crippen LogP contribution in [0.1, 0.15) is 5.01 Å². The van der Waals surface area contributed by atoms with Crippen LogP contribution < -0.4 is 9.62 Å². The van der Waals surface area contributed by atoms with Crippen LogP contribution >= 0.6 is 11.3 Å². The molecule has 0 aliphatic carbocycles. The smallest absolute Gasteiger partial charge is 0.187 e. The van der Waals surface area contributed by atoms with E-state index in [1.807, 2.05) is 74.9 Å². The average molecular weight is 408 g/mol. The molecule has 0 fully saturated rings. The number of anilines is 2. The molecule has 1 aromatic heterocycles. The zero-order chi connectivity index (χ0) is 19.7. The fourth-order valence-corrected chi connectivity index (χ4v) is 4.87. The lowest BCUT2D eigenvalue weighted by molar-refractivity contribution is 0.601. The van der Waals surface area contributed by atoms with Crippen LogP contribution in [0.5, 0.6) is 0 Å². The predicted molar refractivity (Wildman–Crippen MR) is 121 cm³/mol. The summed E-state index contributed by atoms with van der Waals surface area (Å²) in [7, 11) is 4.03. The van der Waals surface area contributed by atoms with Gasteiger partial charge in [-0.3, -0.25) is 0 Å². The zero-order valence-electron chi connectivity index (χ0n) is 16.0. The third kappa shape index (κ3) is 3.71. The number of aromatic nitrogens is 1. The van der Waals surface area contributed by atoms with Crippen LogP contribution in [0.15, 0.2) is 70.9 Å². The van der Waals surface area contributed by atoms with Crippen molar-refractivity contribution >= 4 is 44.8 Å². The van der Waals surface area contributed by atoms with E-state index < -0.39 is 11.4 Å². The molecule has 3 aromatic carbocycles. The van der Waals surface area contributed by atoms with E-state index in [4.69, 9.17) is 0 Å². The summed E-state index contributed by atoms with van der Waals surface area (Å²) in [6, 6.07) is 19.9. The van der Waals surface area contributed by atoms with Crippen LogP contribution in [0.2, 0.25) is 0 Å². The van der Waals surface area contributed by atoms with Gasteiger partial charge in [0.05, 0.1) is 16.4 Å². The number of aryl methyl sites for hydroxylation is 1. The fourth-order valence-electron chi connectivity index (χ4n) is 3.22. The standard InChI is InChI=1S/C22H21N3OS2/c1-15-23-20(14-27-15)16-7-4-8-17(13-16)24-28(26)22-12-6-9-18-19(22)10-5-11-21(18)25(2)3/h4-14,24H,1-3H3. The van der Waals surface area contributed by atoms with E-state index in [9.17, 15) is 4.55 Å². The van der Waals surface area contributed by atoms with E-state index >= 15 is 0 Å². The molecule has 6 heteroatoms. The topological polar surface area (TPSA) is 51.2 Å². The van der Waals surface area contributed by atoms with Crippen LogP contribution in [0.25, 0.3) is 22.0 Å². The van der Waals surface area contributed by atoms with Crippen LogP contribution in [-0.4, -0.2) is 23.6 Å². The van der Waals surface area contributed by atoms with Gasteiger partial charge in [0.2, 0.25) is 0 Å². The summed E-state index contributed by atoms with van der Waals surface area (Å²) in [6.07, 6.45) is 0. The van der Waals surface area contributed by atoms with Gasteiger partial charge < -0.3 is 9.45 Å². The Hall–Kier alpha value is -2.54. The number of fused-ring (bicyclic) bond motifs is 1. The molecule has 28 heavy (non-hydrogen) atoms. The van der Waals surface area contributed by atoms with Gasteiger partial charge in [0.15, 0.2) is 4.90 Å². The van der Waals surface area contributed by atoms with Crippen molar-refractivity contribution in [1.82, 2.24) is 4.98 Å². The number of thiazole rings is 1. The Kier molecular flexibility index (Phi) is 5.26. The van der Waals surface area contributed by atoms with Gasteiger partial charge in [-0.05, 0) is 37.3 Å². The van der Waals surface area contributed by atoms with Crippen molar-refractivity contribution < 1.29 is 4.55 Å². The minimum atomic E-state index is -1.38. The maximum atomic E-state index is 13.1. The second-order valence-corrected chi connectivity index (χ2v) is 8.97. The van der Waals surface area contributed by atoms with Gasteiger partial charge in [-0.2, -0.15) is 0 Å². The van der Waals surface area contributed by atoms with Crippen LogP contribution in [0.3, 0.4) is 0 Å². The van der Waals surface area contributed by atoms with Crippen molar-refractivity contribution in [2.45, 2.75) is 11.8 Å². The first kappa shape index (κ1) is 18.8. The number of nitrogens with zero attached hydrogens (tertiary/aromatic N) is 2. The Bertz CT molecular complexity index is 1120. The van der Waals surface area contributed by atoms with E-state index in [0.29, 0.717) is 0 Å². The first-order valence-corrected chi connectivity index (χ1v) is 11.0. The molecule has 0 saturated heterocycles.